The molecule has 2 aliphatic rings. The topological polar surface area (TPSA) is 71.3 Å². The Hall–Kier alpha value is -3.07. The van der Waals surface area contributed by atoms with Crippen LogP contribution >= 0.6 is 11.3 Å². The first kappa shape index (κ1) is 19.9. The largest absolute Gasteiger partial charge is 0.342 e. The van der Waals surface area contributed by atoms with Gasteiger partial charge in [0, 0.05) is 67.8 Å². The Morgan fingerprint density at radius 3 is 2.77 bits per heavy atom. The van der Waals surface area contributed by atoms with E-state index in [2.05, 4.69) is 9.97 Å². The molecule has 0 radical (unpaired) electrons. The van der Waals surface area contributed by atoms with Gasteiger partial charge in [0.2, 0.25) is 11.9 Å². The maximum atomic E-state index is 14.2. The fraction of sp³-hybridized carbons (Fsp3) is 0.364. The van der Waals surface area contributed by atoms with E-state index < -0.39 is 5.82 Å². The number of pyridine rings is 1. The number of carbonyl (C=O) groups is 1. The van der Waals surface area contributed by atoms with Crippen molar-refractivity contribution in [2.45, 2.75) is 12.5 Å². The molecule has 1 saturated heterocycles. The normalized spacial score (nSPS) is 21.8. The highest BCUT2D eigenvalue weighted by Gasteiger charge is 2.59. The molecule has 1 amide bonds. The summed E-state index contributed by atoms with van der Waals surface area (Å²) in [4.78, 5) is 38.5. The minimum atomic E-state index is -0.514. The Morgan fingerprint density at radius 2 is 2.10 bits per heavy atom. The number of nitrogens with zero attached hydrogens (tertiary/aromatic N) is 5. The number of carbonyl (C=O) groups excluding carboxylic acids is 1. The summed E-state index contributed by atoms with van der Waals surface area (Å²) >= 11 is 1.60. The SMILES string of the molecule is CN(c1nc(-c2ccncc2F)cc(=O)n1C)C1[C@H]2CN(C(=O)Cc3cccs3)C[C@@H]12. The van der Waals surface area contributed by atoms with E-state index in [0.717, 1.165) is 24.2 Å². The summed E-state index contributed by atoms with van der Waals surface area (Å²) in [5.41, 5.74) is 0.300. The van der Waals surface area contributed by atoms with Crippen LogP contribution in [0.5, 0.6) is 0 Å². The molecule has 31 heavy (non-hydrogen) atoms. The van der Waals surface area contributed by atoms with Crippen molar-refractivity contribution in [2.75, 3.05) is 25.0 Å². The molecule has 4 heterocycles. The molecule has 0 N–H and O–H groups in total. The number of rotatable bonds is 5. The molecule has 1 aliphatic heterocycles. The second kappa shape index (κ2) is 7.56. The van der Waals surface area contributed by atoms with Gasteiger partial charge in [0.1, 0.15) is 0 Å². The smallest absolute Gasteiger partial charge is 0.255 e. The Balaban J connectivity index is 1.32. The molecular formula is C22H22FN5O2S. The Kier molecular flexibility index (Phi) is 4.85. The summed E-state index contributed by atoms with van der Waals surface area (Å²) in [6, 6.07) is 7.02. The van der Waals surface area contributed by atoms with E-state index in [-0.39, 0.29) is 23.1 Å². The van der Waals surface area contributed by atoms with Gasteiger partial charge in [0.15, 0.2) is 5.82 Å². The maximum Gasteiger partial charge on any atom is 0.255 e. The Morgan fingerprint density at radius 1 is 1.32 bits per heavy atom. The van der Waals surface area contributed by atoms with Crippen molar-refractivity contribution in [3.05, 3.63) is 63.1 Å². The van der Waals surface area contributed by atoms with Crippen molar-refractivity contribution in [3.8, 4) is 11.3 Å². The number of aromatic nitrogens is 3. The van der Waals surface area contributed by atoms with E-state index in [1.807, 2.05) is 34.4 Å². The minimum Gasteiger partial charge on any atom is -0.342 e. The van der Waals surface area contributed by atoms with Crippen LogP contribution < -0.4 is 10.5 Å². The summed E-state index contributed by atoms with van der Waals surface area (Å²) in [5, 5.41) is 1.98. The lowest BCUT2D eigenvalue weighted by Crippen LogP contribution is -2.38. The second-order valence-corrected chi connectivity index (χ2v) is 9.21. The Labute approximate surface area is 182 Å². The van der Waals surface area contributed by atoms with Gasteiger partial charge in [-0.2, -0.15) is 0 Å². The van der Waals surface area contributed by atoms with E-state index in [1.54, 1.807) is 18.4 Å². The van der Waals surface area contributed by atoms with Crippen LogP contribution in [0, 0.1) is 17.7 Å². The van der Waals surface area contributed by atoms with Crippen LogP contribution in [0.3, 0.4) is 0 Å². The van der Waals surface area contributed by atoms with Gasteiger partial charge < -0.3 is 9.80 Å². The summed E-state index contributed by atoms with van der Waals surface area (Å²) in [6.07, 6.45) is 3.05. The standard InChI is InChI=1S/C22H22FN5O2S/c1-26-19(29)9-18(14-5-6-24-10-17(14)23)25-22(26)27(2)21-15-11-28(12-16(15)21)20(30)8-13-4-3-7-31-13/h3-7,9-10,15-16,21H,8,11-12H2,1-2H3/t15-,16+,21?. The third-order valence-corrected chi connectivity index (χ3v) is 7.21. The number of hydrogen-bond donors (Lipinski definition) is 0. The van der Waals surface area contributed by atoms with Crippen molar-refractivity contribution < 1.29 is 9.18 Å². The van der Waals surface area contributed by atoms with Gasteiger partial charge in [-0.25, -0.2) is 9.37 Å². The van der Waals surface area contributed by atoms with Crippen LogP contribution in [0.4, 0.5) is 10.3 Å². The van der Waals surface area contributed by atoms with E-state index in [1.165, 1.54) is 22.9 Å². The quantitative estimate of drug-likeness (QED) is 0.610. The molecule has 3 aromatic rings. The third kappa shape index (κ3) is 3.52. The second-order valence-electron chi connectivity index (χ2n) is 8.18. The molecule has 3 atom stereocenters. The number of amides is 1. The van der Waals surface area contributed by atoms with Gasteiger partial charge in [-0.1, -0.05) is 6.07 Å². The number of likely N-dealkylation sites (tertiary alicyclic amines) is 1. The van der Waals surface area contributed by atoms with Gasteiger partial charge in [0.25, 0.3) is 5.56 Å². The van der Waals surface area contributed by atoms with Crippen molar-refractivity contribution in [1.82, 2.24) is 19.4 Å². The van der Waals surface area contributed by atoms with Crippen LogP contribution in [0.1, 0.15) is 4.88 Å². The summed E-state index contributed by atoms with van der Waals surface area (Å²) in [6.45, 7) is 1.44. The highest BCUT2D eigenvalue weighted by Crippen LogP contribution is 2.49. The number of hydrogen-bond acceptors (Lipinski definition) is 6. The highest BCUT2D eigenvalue weighted by molar-refractivity contribution is 7.10. The zero-order valence-electron chi connectivity index (χ0n) is 17.2. The van der Waals surface area contributed by atoms with Gasteiger partial charge in [-0.15, -0.1) is 11.3 Å². The molecule has 2 fully saturated rings. The van der Waals surface area contributed by atoms with Gasteiger partial charge in [0.05, 0.1) is 18.3 Å². The minimum absolute atomic E-state index is 0.164. The van der Waals surface area contributed by atoms with Crippen molar-refractivity contribution in [2.24, 2.45) is 18.9 Å². The summed E-state index contributed by atoms with van der Waals surface area (Å²) < 4.78 is 15.7. The lowest BCUT2D eigenvalue weighted by Gasteiger charge is -2.26. The van der Waals surface area contributed by atoms with E-state index in [4.69, 9.17) is 0 Å². The van der Waals surface area contributed by atoms with E-state index in [9.17, 15) is 14.0 Å². The lowest BCUT2D eigenvalue weighted by molar-refractivity contribution is -0.129. The zero-order valence-corrected chi connectivity index (χ0v) is 18.1. The summed E-state index contributed by atoms with van der Waals surface area (Å²) in [5.74, 6) is 0.859. The molecule has 9 heteroatoms. The average Bonchev–Trinajstić information content (AvgIpc) is 3.11. The molecule has 0 bridgehead atoms. The molecule has 7 nitrogen and oxygen atoms in total. The first-order chi connectivity index (χ1) is 14.9. The predicted molar refractivity (Wildman–Crippen MR) is 116 cm³/mol. The number of fused-ring (bicyclic) bond motifs is 1. The molecule has 3 aromatic heterocycles. The molecule has 1 saturated carbocycles. The maximum absolute atomic E-state index is 14.2. The molecule has 0 aromatic carbocycles. The monoisotopic (exact) mass is 439 g/mol. The molecule has 5 rings (SSSR count). The number of anilines is 1. The van der Waals surface area contributed by atoms with Crippen LogP contribution in [0.2, 0.25) is 0 Å². The molecule has 1 unspecified atom stereocenters. The van der Waals surface area contributed by atoms with Gasteiger partial charge >= 0.3 is 0 Å². The van der Waals surface area contributed by atoms with Crippen molar-refractivity contribution in [3.63, 3.8) is 0 Å². The first-order valence-electron chi connectivity index (χ1n) is 10.1. The Bertz CT molecular complexity index is 1180. The number of thiophene rings is 1. The van der Waals surface area contributed by atoms with Crippen LogP contribution in [-0.2, 0) is 18.3 Å². The van der Waals surface area contributed by atoms with Crippen LogP contribution in [0.15, 0.2) is 46.8 Å². The van der Waals surface area contributed by atoms with Crippen LogP contribution in [-0.4, -0.2) is 51.5 Å². The fourth-order valence-electron chi connectivity index (χ4n) is 4.64. The average molecular weight is 440 g/mol. The van der Waals surface area contributed by atoms with E-state index in [0.29, 0.717) is 29.9 Å². The van der Waals surface area contributed by atoms with Gasteiger partial charge in [-0.05, 0) is 17.5 Å². The molecule has 0 spiro atoms. The number of piperidine rings is 1. The first-order valence-corrected chi connectivity index (χ1v) is 11.0. The molecule has 160 valence electrons. The third-order valence-electron chi connectivity index (χ3n) is 6.33. The predicted octanol–water partition coefficient (Wildman–Crippen LogP) is 2.18. The van der Waals surface area contributed by atoms with Crippen molar-refractivity contribution >= 4 is 23.2 Å². The van der Waals surface area contributed by atoms with Crippen LogP contribution in [0.25, 0.3) is 11.3 Å². The zero-order chi connectivity index (χ0) is 21.7. The highest BCUT2D eigenvalue weighted by atomic mass is 32.1. The lowest BCUT2D eigenvalue weighted by atomic mass is 10.2. The summed E-state index contributed by atoms with van der Waals surface area (Å²) in [7, 11) is 3.58. The number of halogens is 1. The van der Waals surface area contributed by atoms with Gasteiger partial charge in [-0.3, -0.25) is 19.1 Å². The molecule has 1 aliphatic carbocycles. The molecular weight excluding hydrogens is 417 g/mol. The fourth-order valence-corrected chi connectivity index (χ4v) is 5.34. The van der Waals surface area contributed by atoms with E-state index >= 15 is 0 Å². The van der Waals surface area contributed by atoms with Crippen molar-refractivity contribution in [1.29, 1.82) is 0 Å².